The van der Waals surface area contributed by atoms with E-state index in [1.165, 1.54) is 6.92 Å². The van der Waals surface area contributed by atoms with Gasteiger partial charge in [-0.3, -0.25) is 9.59 Å². The van der Waals surface area contributed by atoms with Crippen LogP contribution in [0.1, 0.15) is 66.5 Å². The standard InChI is InChI=1S/C23H28O2.C14H10O2.C4H6O2/c1-17(2)15-24-21-13-9-7-11-19(21)23(5,6)20-12-8-10-14-22(20)25-16-18(3)4;15-13(11-7-3-1-4-8-11)14(16)12-9-5-2-6-10-12;1-3(2)4(5)6/h7-14H,1,3,15-16H2,2,4-6H3;1-10H;1H2,2H3,(H,5,6). The van der Waals surface area contributed by atoms with Gasteiger partial charge in [-0.2, -0.15) is 0 Å². The van der Waals surface area contributed by atoms with Crippen LogP contribution in [0, 0.1) is 0 Å². The Hall–Kier alpha value is -5.49. The van der Waals surface area contributed by atoms with Crippen LogP contribution in [0.3, 0.4) is 0 Å². The van der Waals surface area contributed by atoms with Gasteiger partial charge in [-0.05, 0) is 44.1 Å². The second-order valence-corrected chi connectivity index (χ2v) is 11.6. The first-order chi connectivity index (χ1) is 22.2. The van der Waals surface area contributed by atoms with Crippen LogP contribution < -0.4 is 9.47 Å². The molecule has 0 aromatic heterocycles. The van der Waals surface area contributed by atoms with Crippen molar-refractivity contribution in [2.45, 2.75) is 40.0 Å². The van der Waals surface area contributed by atoms with Crippen molar-refractivity contribution in [3.05, 3.63) is 168 Å². The van der Waals surface area contributed by atoms with Gasteiger partial charge in [0.15, 0.2) is 0 Å². The van der Waals surface area contributed by atoms with Gasteiger partial charge in [0.05, 0.1) is 0 Å². The van der Waals surface area contributed by atoms with Crippen molar-refractivity contribution >= 4 is 17.5 Å². The minimum Gasteiger partial charge on any atom is -0.489 e. The number of hydrogen-bond donors (Lipinski definition) is 1. The molecule has 0 saturated carbocycles. The minimum atomic E-state index is -0.935. The average molecular weight is 633 g/mol. The van der Waals surface area contributed by atoms with E-state index in [1.807, 2.05) is 62.4 Å². The van der Waals surface area contributed by atoms with E-state index in [0.717, 1.165) is 33.8 Å². The summed E-state index contributed by atoms with van der Waals surface area (Å²) in [5.74, 6) is -0.107. The summed E-state index contributed by atoms with van der Waals surface area (Å²) in [5.41, 5.74) is 5.01. The van der Waals surface area contributed by atoms with Crippen molar-refractivity contribution < 1.29 is 29.0 Å². The molecular formula is C41H44O6. The van der Waals surface area contributed by atoms with Gasteiger partial charge in [0, 0.05) is 33.2 Å². The van der Waals surface area contributed by atoms with E-state index in [0.29, 0.717) is 24.3 Å². The normalized spacial score (nSPS) is 10.1. The molecule has 0 unspecified atom stereocenters. The van der Waals surface area contributed by atoms with Crippen LogP contribution in [0.25, 0.3) is 0 Å². The quantitative estimate of drug-likeness (QED) is 0.0725. The Labute approximate surface area is 278 Å². The predicted octanol–water partition coefficient (Wildman–Crippen LogP) is 9.32. The van der Waals surface area contributed by atoms with E-state index in [-0.39, 0.29) is 11.0 Å². The number of ether oxygens (including phenoxy) is 2. The van der Waals surface area contributed by atoms with E-state index < -0.39 is 17.5 Å². The summed E-state index contributed by atoms with van der Waals surface area (Å²) in [6.07, 6.45) is 0. The minimum absolute atomic E-state index is 0.176. The fourth-order valence-electron chi connectivity index (χ4n) is 4.21. The molecule has 0 fully saturated rings. The van der Waals surface area contributed by atoms with E-state index in [4.69, 9.17) is 14.6 Å². The molecule has 6 heteroatoms. The van der Waals surface area contributed by atoms with Crippen LogP contribution in [-0.2, 0) is 10.2 Å². The number of ketones is 2. The number of benzene rings is 4. The zero-order chi connectivity index (χ0) is 35.0. The first-order valence-corrected chi connectivity index (χ1v) is 15.1. The second kappa shape index (κ2) is 18.5. The smallest absolute Gasteiger partial charge is 0.330 e. The van der Waals surface area contributed by atoms with Gasteiger partial charge in [0.1, 0.15) is 24.7 Å². The average Bonchev–Trinajstić information content (AvgIpc) is 3.07. The number of Topliss-reactive ketones (excluding diaryl/α,β-unsaturated/α-hetero) is 2. The van der Waals surface area contributed by atoms with Gasteiger partial charge in [0.25, 0.3) is 0 Å². The Bertz CT molecular complexity index is 1560. The number of carbonyl (C=O) groups excluding carboxylic acids is 2. The van der Waals surface area contributed by atoms with E-state index in [1.54, 1.807) is 48.5 Å². The third kappa shape index (κ3) is 12.1. The molecule has 0 bridgehead atoms. The molecule has 47 heavy (non-hydrogen) atoms. The molecule has 4 aromatic rings. The number of para-hydroxylation sites is 2. The monoisotopic (exact) mass is 632 g/mol. The van der Waals surface area contributed by atoms with Gasteiger partial charge in [-0.25, -0.2) is 4.79 Å². The van der Waals surface area contributed by atoms with Gasteiger partial charge in [-0.15, -0.1) is 0 Å². The first-order valence-electron chi connectivity index (χ1n) is 15.1. The first kappa shape index (κ1) is 37.7. The lowest BCUT2D eigenvalue weighted by Gasteiger charge is -2.30. The summed E-state index contributed by atoms with van der Waals surface area (Å²) >= 11 is 0. The Morgan fingerprint density at radius 3 is 1.17 bits per heavy atom. The molecule has 4 aromatic carbocycles. The van der Waals surface area contributed by atoms with Crippen molar-refractivity contribution in [3.8, 4) is 11.5 Å². The summed E-state index contributed by atoms with van der Waals surface area (Å²) < 4.78 is 12.0. The van der Waals surface area contributed by atoms with Crippen molar-refractivity contribution in [3.63, 3.8) is 0 Å². The molecule has 0 amide bonds. The van der Waals surface area contributed by atoms with Crippen LogP contribution in [-0.4, -0.2) is 35.9 Å². The third-order valence-electron chi connectivity index (χ3n) is 6.71. The van der Waals surface area contributed by atoms with Crippen molar-refractivity contribution in [1.29, 1.82) is 0 Å². The van der Waals surface area contributed by atoms with Gasteiger partial charge >= 0.3 is 5.97 Å². The molecule has 6 nitrogen and oxygen atoms in total. The summed E-state index contributed by atoms with van der Waals surface area (Å²) in [6, 6.07) is 33.5. The van der Waals surface area contributed by atoms with Crippen molar-refractivity contribution in [2.24, 2.45) is 0 Å². The lowest BCUT2D eigenvalue weighted by molar-refractivity contribution is -0.132. The van der Waals surface area contributed by atoms with Gasteiger partial charge < -0.3 is 14.6 Å². The number of carboxylic acid groups (broad SMARTS) is 1. The molecule has 244 valence electrons. The summed E-state index contributed by atoms with van der Waals surface area (Å²) in [5, 5.41) is 7.89. The fraction of sp³-hybridized carbons (Fsp3) is 0.195. The van der Waals surface area contributed by atoms with Crippen LogP contribution in [0.5, 0.6) is 11.5 Å². The molecule has 1 N–H and O–H groups in total. The lowest BCUT2D eigenvalue weighted by Crippen LogP contribution is -2.21. The van der Waals surface area contributed by atoms with E-state index >= 15 is 0 Å². The van der Waals surface area contributed by atoms with Crippen LogP contribution in [0.15, 0.2) is 146 Å². The Balaban J connectivity index is 0.000000296. The van der Waals surface area contributed by atoms with E-state index in [9.17, 15) is 14.4 Å². The van der Waals surface area contributed by atoms with Crippen LogP contribution in [0.4, 0.5) is 0 Å². The summed E-state index contributed by atoms with van der Waals surface area (Å²) in [4.78, 5) is 33.2. The Morgan fingerprint density at radius 2 is 0.872 bits per heavy atom. The van der Waals surface area contributed by atoms with Crippen LogP contribution in [0.2, 0.25) is 0 Å². The van der Waals surface area contributed by atoms with E-state index in [2.05, 4.69) is 45.7 Å². The van der Waals surface area contributed by atoms with Crippen molar-refractivity contribution in [2.75, 3.05) is 13.2 Å². The van der Waals surface area contributed by atoms with Crippen LogP contribution >= 0.6 is 0 Å². The second-order valence-electron chi connectivity index (χ2n) is 11.6. The molecular weight excluding hydrogens is 588 g/mol. The molecule has 0 aliphatic carbocycles. The zero-order valence-electron chi connectivity index (χ0n) is 27.9. The number of carbonyl (C=O) groups is 3. The summed E-state index contributed by atoms with van der Waals surface area (Å²) in [7, 11) is 0. The fourth-order valence-corrected chi connectivity index (χ4v) is 4.21. The highest BCUT2D eigenvalue weighted by Gasteiger charge is 2.29. The molecule has 0 saturated heterocycles. The number of hydrogen-bond acceptors (Lipinski definition) is 5. The van der Waals surface area contributed by atoms with Gasteiger partial charge in [-0.1, -0.05) is 131 Å². The van der Waals surface area contributed by atoms with Gasteiger partial charge in [0.2, 0.25) is 11.6 Å². The molecule has 0 atom stereocenters. The molecule has 0 heterocycles. The molecule has 0 aliphatic rings. The zero-order valence-corrected chi connectivity index (χ0v) is 27.9. The predicted molar refractivity (Wildman–Crippen MR) is 190 cm³/mol. The molecule has 0 radical (unpaired) electrons. The Morgan fingerprint density at radius 1 is 0.574 bits per heavy atom. The third-order valence-corrected chi connectivity index (χ3v) is 6.71. The largest absolute Gasteiger partial charge is 0.489 e. The topological polar surface area (TPSA) is 89.9 Å². The number of carboxylic acids is 1. The Kier molecular flexibility index (Phi) is 14.8. The number of rotatable bonds is 12. The number of aliphatic carboxylic acids is 1. The maximum absolute atomic E-state index is 11.8. The molecule has 0 spiro atoms. The molecule has 4 rings (SSSR count). The highest BCUT2D eigenvalue weighted by molar-refractivity contribution is 6.49. The van der Waals surface area contributed by atoms with Crippen molar-refractivity contribution in [1.82, 2.24) is 0 Å². The molecule has 0 aliphatic heterocycles. The maximum Gasteiger partial charge on any atom is 0.330 e. The highest BCUT2D eigenvalue weighted by atomic mass is 16.5. The SMILES string of the molecule is C=C(C)C(=O)O.C=C(C)COc1ccccc1C(C)(C)c1ccccc1OCC(=C)C.O=C(C(=O)c1ccccc1)c1ccccc1. The highest BCUT2D eigenvalue weighted by Crippen LogP contribution is 2.41. The lowest BCUT2D eigenvalue weighted by atomic mass is 9.77. The summed E-state index contributed by atoms with van der Waals surface area (Å²) in [6.45, 7) is 21.8. The maximum atomic E-state index is 11.8.